The second kappa shape index (κ2) is 23.6. The zero-order valence-electron chi connectivity index (χ0n) is 41.0. The van der Waals surface area contributed by atoms with Crippen molar-refractivity contribution in [2.24, 2.45) is 10.1 Å². The predicted octanol–water partition coefficient (Wildman–Crippen LogP) is 7.66. The molecule has 4 aromatic rings. The molecule has 5 N–H and O–H groups in total. The van der Waals surface area contributed by atoms with Crippen LogP contribution in [0.25, 0.3) is 10.4 Å². The van der Waals surface area contributed by atoms with Crippen molar-refractivity contribution in [3.63, 3.8) is 0 Å². The molecule has 0 spiro atoms. The number of nitrogens with zero attached hydrogens (tertiary/aromatic N) is 8. The van der Waals surface area contributed by atoms with E-state index in [0.717, 1.165) is 34.0 Å². The lowest BCUT2D eigenvalue weighted by atomic mass is 9.86. The fourth-order valence-electron chi connectivity index (χ4n) is 6.90. The van der Waals surface area contributed by atoms with E-state index in [9.17, 15) is 34.9 Å². The molecule has 0 aromatic carbocycles. The Morgan fingerprint density at radius 2 is 1.56 bits per heavy atom. The molecule has 4 aromatic heterocycles. The highest BCUT2D eigenvalue weighted by atomic mass is 32.1. The summed E-state index contributed by atoms with van der Waals surface area (Å²) in [5, 5.41) is 40.2. The average molecular weight is 1060 g/mol. The molecular weight excluding hydrogens is 999 g/mol. The highest BCUT2D eigenvalue weighted by Gasteiger charge is 2.51. The highest BCUT2D eigenvalue weighted by molar-refractivity contribution is 7.12. The standard InChI is InChI=1S/C44H61N11O10S4Si/c1-13-18-64-54-23(4)34(57)51-32(44(41-49-30(22-69-41)40(60)63-15-3)17-16-26(52-44)36-48-29(21-66-36)39(59)62-14-2)27-19-67-37(46-27)31(24(5)56)50-35(58)28-20-68-38(47-28)33(53-55-45)43(10,61)25(6)65-70(11,12)42(7,8)9/h13,19-25,31-33,54,56,61H,1,14-18H2,2-12H3,(H,50,58)(H,51,57)/t23-,24+,25+,31-,32+,33+,43+,44+/m0/s1. The fourth-order valence-corrected chi connectivity index (χ4v) is 12.1. The van der Waals surface area contributed by atoms with Crippen molar-refractivity contribution in [2.75, 3.05) is 19.8 Å². The van der Waals surface area contributed by atoms with Gasteiger partial charge in [0.25, 0.3) is 5.91 Å². The number of hydrogen-bond donors (Lipinski definition) is 5. The van der Waals surface area contributed by atoms with E-state index in [2.05, 4.69) is 63.5 Å². The topological polar surface area (TPSA) is 294 Å². The van der Waals surface area contributed by atoms with Gasteiger partial charge in [-0.1, -0.05) is 32.0 Å². The van der Waals surface area contributed by atoms with Crippen LogP contribution in [0.2, 0.25) is 18.1 Å². The lowest BCUT2D eigenvalue weighted by Crippen LogP contribution is -2.52. The smallest absolute Gasteiger partial charge is 0.357 e. The zero-order valence-corrected chi connectivity index (χ0v) is 45.2. The van der Waals surface area contributed by atoms with Gasteiger partial charge in [-0.2, -0.15) is 5.48 Å². The largest absolute Gasteiger partial charge is 0.461 e. The van der Waals surface area contributed by atoms with Crippen LogP contribution in [0, 0.1) is 0 Å². The van der Waals surface area contributed by atoms with Gasteiger partial charge in [-0.15, -0.1) is 51.9 Å². The molecule has 21 nitrogen and oxygen atoms in total. The van der Waals surface area contributed by atoms with Crippen molar-refractivity contribution in [3.05, 3.63) is 87.4 Å². The summed E-state index contributed by atoms with van der Waals surface area (Å²) >= 11 is 4.46. The summed E-state index contributed by atoms with van der Waals surface area (Å²) in [5.74, 6) is -2.46. The van der Waals surface area contributed by atoms with E-state index < -0.39 is 79.6 Å². The number of rotatable bonds is 24. The molecule has 0 bridgehead atoms. The van der Waals surface area contributed by atoms with Crippen molar-refractivity contribution >= 4 is 83.1 Å². The first-order valence-corrected chi connectivity index (χ1v) is 28.8. The third-order valence-corrected chi connectivity index (χ3v) is 20.3. The summed E-state index contributed by atoms with van der Waals surface area (Å²) in [7, 11) is -2.38. The molecule has 5 heterocycles. The molecule has 2 amide bonds. The van der Waals surface area contributed by atoms with Crippen LogP contribution in [0.5, 0.6) is 0 Å². The molecule has 0 unspecified atom stereocenters. The van der Waals surface area contributed by atoms with Gasteiger partial charge < -0.3 is 34.7 Å². The van der Waals surface area contributed by atoms with Gasteiger partial charge in [0.1, 0.15) is 61.0 Å². The first-order chi connectivity index (χ1) is 32.9. The van der Waals surface area contributed by atoms with Crippen LogP contribution in [-0.2, 0) is 29.1 Å². The number of carbonyl (C=O) groups is 4. The van der Waals surface area contributed by atoms with Crippen molar-refractivity contribution < 1.29 is 48.1 Å². The Morgan fingerprint density at radius 1 is 0.929 bits per heavy atom. The van der Waals surface area contributed by atoms with E-state index in [1.165, 1.54) is 36.6 Å². The number of thiazole rings is 4. The molecule has 0 saturated heterocycles. The number of aliphatic hydroxyl groups excluding tert-OH is 1. The van der Waals surface area contributed by atoms with Gasteiger partial charge in [0.15, 0.2) is 19.7 Å². The number of amides is 2. The summed E-state index contributed by atoms with van der Waals surface area (Å²) in [4.78, 5) is 86.0. The van der Waals surface area contributed by atoms with Crippen LogP contribution in [0.3, 0.4) is 0 Å². The van der Waals surface area contributed by atoms with E-state index in [0.29, 0.717) is 22.1 Å². The number of aliphatic hydroxyl groups is 2. The molecule has 5 rings (SSSR count). The Balaban J connectivity index is 1.54. The molecule has 0 aliphatic carbocycles. The van der Waals surface area contributed by atoms with Gasteiger partial charge in [0, 0.05) is 26.4 Å². The van der Waals surface area contributed by atoms with Crippen molar-refractivity contribution in [1.29, 1.82) is 0 Å². The zero-order chi connectivity index (χ0) is 51.8. The quantitative estimate of drug-likeness (QED) is 0.00658. The maximum absolute atomic E-state index is 14.1. The van der Waals surface area contributed by atoms with E-state index in [-0.39, 0.29) is 64.1 Å². The fraction of sp³-hybridized carbons (Fsp3) is 0.568. The van der Waals surface area contributed by atoms with Gasteiger partial charge in [-0.25, -0.2) is 29.5 Å². The SMILES string of the molecule is C=CCON[C@@H](C)C(=O)N[C@H](c1csc([C@@H](NC(=O)c2csc([C@@H](N=[N+]=[N-])[C@](C)(O)[C@@H](C)O[Si](C)(C)C(C)(C)C)n2)[C@@H](C)O)n1)[C@@]1(c2nc(C(=O)OCC)cs2)CCC(c2nc(C(=O)OCC)cs2)=N1. The van der Waals surface area contributed by atoms with Gasteiger partial charge in [-0.05, 0) is 78.0 Å². The number of hydroxylamine groups is 1. The number of hydrogen-bond acceptors (Lipinski definition) is 21. The minimum atomic E-state index is -2.38. The minimum absolute atomic E-state index is 0.0334. The minimum Gasteiger partial charge on any atom is -0.461 e. The van der Waals surface area contributed by atoms with Crippen LogP contribution >= 0.6 is 45.3 Å². The molecule has 26 heteroatoms. The molecule has 1 aliphatic heterocycles. The van der Waals surface area contributed by atoms with Gasteiger partial charge >= 0.3 is 11.9 Å². The van der Waals surface area contributed by atoms with E-state index in [4.69, 9.17) is 33.7 Å². The Hall–Kier alpha value is -4.86. The van der Waals surface area contributed by atoms with Gasteiger partial charge in [0.2, 0.25) is 5.91 Å². The Labute approximate surface area is 423 Å². The maximum atomic E-state index is 14.1. The molecule has 70 heavy (non-hydrogen) atoms. The van der Waals surface area contributed by atoms with Crippen LogP contribution in [0.15, 0.2) is 44.3 Å². The summed E-state index contributed by atoms with van der Waals surface area (Å²) in [6, 6.07) is -4.34. The third-order valence-electron chi connectivity index (χ3n) is 12.0. The summed E-state index contributed by atoms with van der Waals surface area (Å²) in [6.45, 7) is 24.0. The van der Waals surface area contributed by atoms with Crippen molar-refractivity contribution in [3.8, 4) is 0 Å². The molecule has 8 atom stereocenters. The summed E-state index contributed by atoms with van der Waals surface area (Å²) in [6.07, 6.45) is 0.0612. The maximum Gasteiger partial charge on any atom is 0.357 e. The normalized spacial score (nSPS) is 18.5. The third kappa shape index (κ3) is 12.8. The molecule has 0 radical (unpaired) electrons. The van der Waals surface area contributed by atoms with Crippen LogP contribution in [-0.4, -0.2) is 112 Å². The molecule has 0 saturated carbocycles. The Kier molecular flexibility index (Phi) is 18.9. The predicted molar refractivity (Wildman–Crippen MR) is 270 cm³/mol. The number of aliphatic imine (C=N–C) groups is 1. The highest BCUT2D eigenvalue weighted by Crippen LogP contribution is 2.49. The molecule has 0 fully saturated rings. The number of azide groups is 1. The first kappa shape index (κ1) is 56.1. The van der Waals surface area contributed by atoms with Gasteiger partial charge in [0.05, 0.1) is 43.4 Å². The van der Waals surface area contributed by atoms with E-state index in [1.807, 2.05) is 13.1 Å². The van der Waals surface area contributed by atoms with Crippen LogP contribution in [0.4, 0.5) is 0 Å². The Morgan fingerprint density at radius 3 is 2.17 bits per heavy atom. The summed E-state index contributed by atoms with van der Waals surface area (Å²) in [5.41, 5.74) is 9.98. The first-order valence-electron chi connectivity index (χ1n) is 22.4. The van der Waals surface area contributed by atoms with Gasteiger partial charge in [-0.3, -0.25) is 19.4 Å². The monoisotopic (exact) mass is 1060 g/mol. The molecular formula is C44H61N11O10S4Si. The lowest BCUT2D eigenvalue weighted by molar-refractivity contribution is -0.127. The number of nitrogens with one attached hydrogen (secondary N) is 3. The molecule has 380 valence electrons. The number of ether oxygens (including phenoxy) is 2. The summed E-state index contributed by atoms with van der Waals surface area (Å²) < 4.78 is 16.9. The second-order valence-corrected chi connectivity index (χ2v) is 26.4. The number of esters is 2. The van der Waals surface area contributed by atoms with Crippen LogP contribution < -0.4 is 16.1 Å². The van der Waals surface area contributed by atoms with Crippen LogP contribution in [0.1, 0.15) is 150 Å². The lowest BCUT2D eigenvalue weighted by Gasteiger charge is -2.43. The molecule has 1 aliphatic rings. The number of aromatic nitrogens is 4. The Bertz CT molecular complexity index is 2580. The average Bonchev–Trinajstić information content (AvgIpc) is 4.16. The van der Waals surface area contributed by atoms with E-state index >= 15 is 0 Å². The number of carbonyl (C=O) groups excluding carboxylic acids is 4. The van der Waals surface area contributed by atoms with Crippen molar-refractivity contribution in [2.45, 2.75) is 141 Å². The second-order valence-electron chi connectivity index (χ2n) is 18.1. The van der Waals surface area contributed by atoms with E-state index in [1.54, 1.807) is 43.8 Å². The van der Waals surface area contributed by atoms with Crippen molar-refractivity contribution in [1.82, 2.24) is 36.0 Å².